The lowest BCUT2D eigenvalue weighted by atomic mass is 9.84. The van der Waals surface area contributed by atoms with Gasteiger partial charge in [0.15, 0.2) is 0 Å². The van der Waals surface area contributed by atoms with Crippen LogP contribution in [0.3, 0.4) is 0 Å². The summed E-state index contributed by atoms with van der Waals surface area (Å²) in [6.45, 7) is 2.22. The fourth-order valence-electron chi connectivity index (χ4n) is 2.87. The molecule has 1 unspecified atom stereocenters. The van der Waals surface area contributed by atoms with Crippen LogP contribution in [0.4, 0.5) is 11.4 Å². The van der Waals surface area contributed by atoms with Crippen LogP contribution in [0.15, 0.2) is 81.8 Å². The van der Waals surface area contributed by atoms with E-state index in [-0.39, 0.29) is 0 Å². The van der Waals surface area contributed by atoms with E-state index >= 15 is 0 Å². The lowest BCUT2D eigenvalue weighted by Gasteiger charge is -2.21. The predicted molar refractivity (Wildman–Crippen MR) is 99.2 cm³/mol. The predicted octanol–water partition coefficient (Wildman–Crippen LogP) is 5.91. The van der Waals surface area contributed by atoms with Crippen molar-refractivity contribution >= 4 is 23.8 Å². The Morgan fingerprint density at radius 2 is 1.48 bits per heavy atom. The van der Waals surface area contributed by atoms with Crippen LogP contribution in [0.25, 0.3) is 0 Å². The molecule has 116 valence electrons. The Kier molecular flexibility index (Phi) is 5.15. The van der Waals surface area contributed by atoms with Crippen LogP contribution in [0, 0.1) is 5.92 Å². The number of allylic oxidation sites excluding steroid dienone is 2. The van der Waals surface area contributed by atoms with Crippen LogP contribution in [-0.2, 0) is 0 Å². The molecule has 2 heteroatoms. The molecule has 0 spiro atoms. The van der Waals surface area contributed by atoms with Gasteiger partial charge in [-0.1, -0.05) is 42.0 Å². The molecule has 0 aromatic heterocycles. The molecule has 2 aromatic carbocycles. The lowest BCUT2D eigenvalue weighted by molar-refractivity contribution is 0.622. The van der Waals surface area contributed by atoms with Gasteiger partial charge in [0.1, 0.15) is 0 Å². The van der Waals surface area contributed by atoms with Crippen LogP contribution in [0.5, 0.6) is 0 Å². The summed E-state index contributed by atoms with van der Waals surface area (Å²) in [7, 11) is 0. The molecular formula is C21H22N2. The molecule has 3 rings (SSSR count). The maximum Gasteiger partial charge on any atom is 0.0629 e. The molecule has 0 saturated heterocycles. The van der Waals surface area contributed by atoms with E-state index in [0.717, 1.165) is 17.8 Å². The van der Waals surface area contributed by atoms with Gasteiger partial charge in [-0.3, -0.25) is 9.98 Å². The van der Waals surface area contributed by atoms with E-state index in [9.17, 15) is 0 Å². The summed E-state index contributed by atoms with van der Waals surface area (Å²) in [5, 5.41) is 0. The molecule has 0 aliphatic heterocycles. The highest BCUT2D eigenvalue weighted by Crippen LogP contribution is 2.29. The fraction of sp³-hybridized carbons (Fsp3) is 0.238. The third kappa shape index (κ3) is 4.26. The average Bonchev–Trinajstić information content (AvgIpc) is 2.61. The monoisotopic (exact) mass is 302 g/mol. The van der Waals surface area contributed by atoms with Crippen LogP contribution in [-0.4, -0.2) is 12.4 Å². The zero-order valence-corrected chi connectivity index (χ0v) is 13.5. The molecule has 1 aliphatic carbocycles. The number of rotatable bonds is 4. The van der Waals surface area contributed by atoms with Crippen molar-refractivity contribution in [2.24, 2.45) is 15.9 Å². The highest BCUT2D eigenvalue weighted by Gasteiger charge is 2.17. The van der Waals surface area contributed by atoms with Crippen molar-refractivity contribution < 1.29 is 0 Å². The first-order valence-electron chi connectivity index (χ1n) is 8.21. The maximum absolute atomic E-state index is 4.63. The Morgan fingerprint density at radius 1 is 0.870 bits per heavy atom. The number of nitrogens with zero attached hydrogens (tertiary/aromatic N) is 2. The second-order valence-electron chi connectivity index (χ2n) is 5.91. The molecule has 1 aliphatic rings. The smallest absolute Gasteiger partial charge is 0.0629 e. The minimum atomic E-state index is 0.418. The van der Waals surface area contributed by atoms with E-state index in [2.05, 4.69) is 23.1 Å². The first-order valence-corrected chi connectivity index (χ1v) is 8.21. The number of para-hydroxylation sites is 2. The molecule has 0 amide bonds. The van der Waals surface area contributed by atoms with Gasteiger partial charge in [-0.15, -0.1) is 0 Å². The second kappa shape index (κ2) is 7.68. The topological polar surface area (TPSA) is 24.7 Å². The summed E-state index contributed by atoms with van der Waals surface area (Å²) in [5.74, 6) is 0.418. The molecule has 0 radical (unpaired) electrons. The maximum atomic E-state index is 4.63. The van der Waals surface area contributed by atoms with E-state index in [0.29, 0.717) is 5.92 Å². The Hall–Kier alpha value is -2.48. The Morgan fingerprint density at radius 3 is 2.13 bits per heavy atom. The van der Waals surface area contributed by atoms with E-state index in [1.54, 1.807) is 0 Å². The van der Waals surface area contributed by atoms with E-state index < -0.39 is 0 Å². The minimum Gasteiger partial charge on any atom is -0.261 e. The van der Waals surface area contributed by atoms with Crippen molar-refractivity contribution in [2.45, 2.75) is 26.2 Å². The van der Waals surface area contributed by atoms with E-state index in [1.807, 2.05) is 66.9 Å². The first kappa shape index (κ1) is 15.4. The largest absolute Gasteiger partial charge is 0.261 e. The Bertz CT molecular complexity index is 712. The third-order valence-corrected chi connectivity index (χ3v) is 4.31. The van der Waals surface area contributed by atoms with Crippen molar-refractivity contribution in [3.8, 4) is 0 Å². The molecule has 0 bridgehead atoms. The van der Waals surface area contributed by atoms with Gasteiger partial charge in [-0.05, 0) is 56.0 Å². The molecule has 0 heterocycles. The summed E-state index contributed by atoms with van der Waals surface area (Å²) >= 11 is 0. The van der Waals surface area contributed by atoms with Crippen LogP contribution >= 0.6 is 0 Å². The van der Waals surface area contributed by atoms with E-state index in [4.69, 9.17) is 0 Å². The van der Waals surface area contributed by atoms with Gasteiger partial charge in [0.2, 0.25) is 0 Å². The molecule has 23 heavy (non-hydrogen) atoms. The molecule has 0 saturated carbocycles. The summed E-state index contributed by atoms with van der Waals surface area (Å²) in [4.78, 5) is 9.24. The van der Waals surface area contributed by atoms with Crippen LogP contribution in [0.1, 0.15) is 26.2 Å². The van der Waals surface area contributed by atoms with Gasteiger partial charge in [0.25, 0.3) is 0 Å². The van der Waals surface area contributed by atoms with Crippen molar-refractivity contribution in [3.05, 3.63) is 71.8 Å². The molecule has 2 nitrogen and oxygen atoms in total. The highest BCUT2D eigenvalue weighted by atomic mass is 14.7. The molecule has 0 fully saturated rings. The fourth-order valence-corrected chi connectivity index (χ4v) is 2.87. The highest BCUT2D eigenvalue weighted by molar-refractivity contribution is 5.84. The van der Waals surface area contributed by atoms with Gasteiger partial charge >= 0.3 is 0 Å². The summed E-state index contributed by atoms with van der Waals surface area (Å²) in [5.41, 5.74) is 4.78. The number of hydrogen-bond donors (Lipinski definition) is 0. The first-order chi connectivity index (χ1) is 11.3. The Balaban J connectivity index is 1.75. The summed E-state index contributed by atoms with van der Waals surface area (Å²) in [6.07, 6.45) is 7.61. The van der Waals surface area contributed by atoms with Gasteiger partial charge in [-0.25, -0.2) is 0 Å². The van der Waals surface area contributed by atoms with E-state index in [1.165, 1.54) is 24.0 Å². The van der Waals surface area contributed by atoms with Crippen LogP contribution < -0.4 is 0 Å². The summed E-state index contributed by atoms with van der Waals surface area (Å²) < 4.78 is 0. The standard InChI is InChI=1S/C21H22N2/c1-17-18(15-22-20-11-4-2-5-12-20)9-8-10-19(17)16-23-21-13-6-3-7-14-21/h2-7,11-16,18H,8-10H2,1H3. The molecule has 2 aromatic rings. The lowest BCUT2D eigenvalue weighted by Crippen LogP contribution is -2.12. The van der Waals surface area contributed by atoms with Crippen molar-refractivity contribution in [1.82, 2.24) is 0 Å². The molecule has 0 N–H and O–H groups in total. The number of hydrogen-bond acceptors (Lipinski definition) is 2. The quantitative estimate of drug-likeness (QED) is 0.627. The van der Waals surface area contributed by atoms with Gasteiger partial charge in [0.05, 0.1) is 11.4 Å². The number of aliphatic imine (C=N–C) groups is 2. The Labute approximate surface area is 138 Å². The SMILES string of the molecule is CC1=C(C=Nc2ccccc2)CCCC1C=Nc1ccccc1. The van der Waals surface area contributed by atoms with Crippen molar-refractivity contribution in [3.63, 3.8) is 0 Å². The average molecular weight is 302 g/mol. The zero-order chi connectivity index (χ0) is 15.9. The molecule has 1 atom stereocenters. The number of benzene rings is 2. The zero-order valence-electron chi connectivity index (χ0n) is 13.5. The van der Waals surface area contributed by atoms with Crippen molar-refractivity contribution in [1.29, 1.82) is 0 Å². The minimum absolute atomic E-state index is 0.418. The normalized spacial score (nSPS) is 18.9. The second-order valence-corrected chi connectivity index (χ2v) is 5.91. The van der Waals surface area contributed by atoms with Gasteiger partial charge < -0.3 is 0 Å². The van der Waals surface area contributed by atoms with Crippen LogP contribution in [0.2, 0.25) is 0 Å². The van der Waals surface area contributed by atoms with Gasteiger partial charge in [0, 0.05) is 18.3 Å². The summed E-state index contributed by atoms with van der Waals surface area (Å²) in [6, 6.07) is 20.2. The van der Waals surface area contributed by atoms with Gasteiger partial charge in [-0.2, -0.15) is 0 Å². The third-order valence-electron chi connectivity index (χ3n) is 4.31. The van der Waals surface area contributed by atoms with Crippen molar-refractivity contribution in [2.75, 3.05) is 0 Å². The molecular weight excluding hydrogens is 280 g/mol.